The van der Waals surface area contributed by atoms with E-state index in [-0.39, 0.29) is 25.3 Å². The van der Waals surface area contributed by atoms with Crippen LogP contribution >= 0.6 is 0 Å². The summed E-state index contributed by atoms with van der Waals surface area (Å²) >= 11 is 0. The fourth-order valence-corrected chi connectivity index (χ4v) is 2.92. The van der Waals surface area contributed by atoms with Gasteiger partial charge in [0.2, 0.25) is 5.91 Å². The van der Waals surface area contributed by atoms with Gasteiger partial charge in [0.05, 0.1) is 0 Å². The zero-order valence-corrected chi connectivity index (χ0v) is 17.7. The van der Waals surface area contributed by atoms with E-state index in [4.69, 9.17) is 21.0 Å². The summed E-state index contributed by atoms with van der Waals surface area (Å²) in [6.45, 7) is 0.403. The third kappa shape index (κ3) is 8.86. The number of carboxylic acid groups (broad SMARTS) is 1. The number of carboxylic acids is 1. The van der Waals surface area contributed by atoms with Crippen LogP contribution < -0.4 is 16.4 Å². The van der Waals surface area contributed by atoms with Gasteiger partial charge in [0.15, 0.2) is 0 Å². The monoisotopic (exact) mass is 440 g/mol. The van der Waals surface area contributed by atoms with Crippen molar-refractivity contribution in [1.82, 2.24) is 10.6 Å². The Labute approximate surface area is 186 Å². The van der Waals surface area contributed by atoms with Gasteiger partial charge in [0, 0.05) is 18.5 Å². The summed E-state index contributed by atoms with van der Waals surface area (Å²) < 4.78 is 5.12. The van der Waals surface area contributed by atoms with Crippen LogP contribution in [0, 0.1) is 5.41 Å². The molecular weight excluding hydrogens is 412 g/mol. The maximum Gasteiger partial charge on any atom is 0.408 e. The minimum absolute atomic E-state index is 0.00557. The lowest BCUT2D eigenvalue weighted by Gasteiger charge is -2.18. The van der Waals surface area contributed by atoms with Crippen LogP contribution in [-0.4, -0.2) is 41.5 Å². The molecule has 2 aromatic rings. The summed E-state index contributed by atoms with van der Waals surface area (Å²) in [6.07, 6.45) is 0.248. The van der Waals surface area contributed by atoms with Crippen LogP contribution in [0.15, 0.2) is 54.6 Å². The van der Waals surface area contributed by atoms with Gasteiger partial charge in [-0.05, 0) is 30.4 Å². The summed E-state index contributed by atoms with van der Waals surface area (Å²) in [5.74, 6) is -1.52. The van der Waals surface area contributed by atoms with Gasteiger partial charge in [-0.1, -0.05) is 54.6 Å². The molecule has 0 radical (unpaired) electrons. The molecule has 9 nitrogen and oxygen atoms in total. The average molecular weight is 441 g/mol. The van der Waals surface area contributed by atoms with Crippen molar-refractivity contribution in [2.24, 2.45) is 5.73 Å². The number of rotatable bonds is 12. The van der Waals surface area contributed by atoms with Crippen LogP contribution in [-0.2, 0) is 27.4 Å². The Morgan fingerprint density at radius 2 is 1.72 bits per heavy atom. The molecule has 32 heavy (non-hydrogen) atoms. The van der Waals surface area contributed by atoms with Gasteiger partial charge >= 0.3 is 12.1 Å². The molecule has 0 aliphatic carbocycles. The van der Waals surface area contributed by atoms with Crippen molar-refractivity contribution in [3.63, 3.8) is 0 Å². The topological polar surface area (TPSA) is 155 Å². The number of hydrogen-bond acceptors (Lipinski definition) is 5. The van der Waals surface area contributed by atoms with E-state index in [2.05, 4.69) is 10.6 Å². The van der Waals surface area contributed by atoms with Crippen molar-refractivity contribution in [1.29, 1.82) is 5.41 Å². The quantitative estimate of drug-likeness (QED) is 0.194. The molecule has 0 aromatic heterocycles. The first-order valence-electron chi connectivity index (χ1n) is 10.2. The standard InChI is InChI=1S/C23H28N4O5/c24-21(25)18-10-8-16(9-11-18)7-4-14-26-22(30)19(12-13-20(28)29)27-23(31)32-15-17-5-2-1-3-6-17/h1-3,5-6,8-11,19H,4,7,12-15H2,(H3,24,25)(H,26,30)(H,27,31)(H,28,29). The molecule has 0 aliphatic rings. The van der Waals surface area contributed by atoms with E-state index in [0.29, 0.717) is 24.9 Å². The van der Waals surface area contributed by atoms with Crippen molar-refractivity contribution >= 4 is 23.8 Å². The Kier molecular flexibility index (Phi) is 9.70. The number of aryl methyl sites for hydroxylation is 1. The summed E-state index contributed by atoms with van der Waals surface area (Å²) in [5.41, 5.74) is 7.91. The van der Waals surface area contributed by atoms with Crippen LogP contribution in [0.2, 0.25) is 0 Å². The molecule has 0 heterocycles. The predicted octanol–water partition coefficient (Wildman–Crippen LogP) is 2.18. The molecule has 0 bridgehead atoms. The first kappa shape index (κ1) is 24.4. The van der Waals surface area contributed by atoms with Crippen molar-refractivity contribution in [3.05, 3.63) is 71.3 Å². The van der Waals surface area contributed by atoms with Crippen molar-refractivity contribution in [2.45, 2.75) is 38.3 Å². The van der Waals surface area contributed by atoms with Crippen LogP contribution in [0.3, 0.4) is 0 Å². The highest BCUT2D eigenvalue weighted by molar-refractivity contribution is 5.94. The molecular formula is C23H28N4O5. The number of carbonyl (C=O) groups excluding carboxylic acids is 2. The summed E-state index contributed by atoms with van der Waals surface area (Å²) in [7, 11) is 0. The van der Waals surface area contributed by atoms with E-state index >= 15 is 0 Å². The van der Waals surface area contributed by atoms with Crippen LogP contribution in [0.4, 0.5) is 4.79 Å². The Balaban J connectivity index is 1.80. The lowest BCUT2D eigenvalue weighted by Crippen LogP contribution is -2.47. The Morgan fingerprint density at radius 1 is 1.03 bits per heavy atom. The van der Waals surface area contributed by atoms with Crippen LogP contribution in [0.1, 0.15) is 36.0 Å². The smallest absolute Gasteiger partial charge is 0.408 e. The Bertz CT molecular complexity index is 916. The predicted molar refractivity (Wildman–Crippen MR) is 119 cm³/mol. The lowest BCUT2D eigenvalue weighted by molar-refractivity contribution is -0.137. The molecule has 2 amide bonds. The van der Waals surface area contributed by atoms with Crippen LogP contribution in [0.25, 0.3) is 0 Å². The van der Waals surface area contributed by atoms with Crippen molar-refractivity contribution < 1.29 is 24.2 Å². The van der Waals surface area contributed by atoms with E-state index < -0.39 is 24.0 Å². The normalized spacial score (nSPS) is 11.2. The summed E-state index contributed by atoms with van der Waals surface area (Å²) in [6, 6.07) is 15.4. The van der Waals surface area contributed by atoms with Gasteiger partial charge in [0.25, 0.3) is 0 Å². The second-order valence-electron chi connectivity index (χ2n) is 7.20. The van der Waals surface area contributed by atoms with E-state index in [1.165, 1.54) is 0 Å². The third-order valence-electron chi connectivity index (χ3n) is 4.67. The zero-order chi connectivity index (χ0) is 23.3. The second kappa shape index (κ2) is 12.7. The number of ether oxygens (including phenoxy) is 1. The maximum absolute atomic E-state index is 12.5. The first-order valence-corrected chi connectivity index (χ1v) is 10.2. The number of hydrogen-bond donors (Lipinski definition) is 5. The Hall–Kier alpha value is -3.88. The molecule has 2 aromatic carbocycles. The molecule has 1 unspecified atom stereocenters. The van der Waals surface area contributed by atoms with Gasteiger partial charge in [-0.25, -0.2) is 4.79 Å². The third-order valence-corrected chi connectivity index (χ3v) is 4.67. The molecule has 170 valence electrons. The molecule has 2 rings (SSSR count). The highest BCUT2D eigenvalue weighted by Crippen LogP contribution is 2.07. The van der Waals surface area contributed by atoms with E-state index in [0.717, 1.165) is 11.1 Å². The molecule has 0 aliphatic heterocycles. The number of nitrogens with two attached hydrogens (primary N) is 1. The van der Waals surface area contributed by atoms with Crippen molar-refractivity contribution in [2.75, 3.05) is 6.54 Å². The minimum atomic E-state index is -1.06. The van der Waals surface area contributed by atoms with Gasteiger partial charge < -0.3 is 26.2 Å². The fourth-order valence-electron chi connectivity index (χ4n) is 2.92. The average Bonchev–Trinajstić information content (AvgIpc) is 2.78. The van der Waals surface area contributed by atoms with Gasteiger partial charge in [-0.2, -0.15) is 0 Å². The zero-order valence-electron chi connectivity index (χ0n) is 17.7. The lowest BCUT2D eigenvalue weighted by atomic mass is 10.1. The fraction of sp³-hybridized carbons (Fsp3) is 0.304. The van der Waals surface area contributed by atoms with Gasteiger partial charge in [-0.15, -0.1) is 0 Å². The van der Waals surface area contributed by atoms with Crippen LogP contribution in [0.5, 0.6) is 0 Å². The number of nitrogen functional groups attached to an aromatic ring is 1. The molecule has 0 fully saturated rings. The number of amides is 2. The molecule has 0 saturated heterocycles. The number of alkyl carbamates (subject to hydrolysis) is 1. The number of carbonyl (C=O) groups is 3. The molecule has 0 saturated carbocycles. The highest BCUT2D eigenvalue weighted by Gasteiger charge is 2.22. The minimum Gasteiger partial charge on any atom is -0.481 e. The Morgan fingerprint density at radius 3 is 2.34 bits per heavy atom. The van der Waals surface area contributed by atoms with E-state index in [9.17, 15) is 14.4 Å². The number of benzene rings is 2. The maximum atomic E-state index is 12.5. The number of nitrogens with one attached hydrogen (secondary N) is 3. The largest absolute Gasteiger partial charge is 0.481 e. The SMILES string of the molecule is N=C(N)c1ccc(CCCNC(=O)C(CCC(=O)O)NC(=O)OCc2ccccc2)cc1. The summed E-state index contributed by atoms with van der Waals surface area (Å²) in [5, 5.41) is 21.5. The number of aliphatic carboxylic acids is 1. The van der Waals surface area contributed by atoms with Crippen molar-refractivity contribution in [3.8, 4) is 0 Å². The number of amidine groups is 1. The second-order valence-corrected chi connectivity index (χ2v) is 7.20. The highest BCUT2D eigenvalue weighted by atomic mass is 16.5. The summed E-state index contributed by atoms with van der Waals surface area (Å²) in [4.78, 5) is 35.5. The van der Waals surface area contributed by atoms with Gasteiger partial charge in [-0.3, -0.25) is 15.0 Å². The molecule has 1 atom stereocenters. The molecule has 6 N–H and O–H groups in total. The van der Waals surface area contributed by atoms with E-state index in [1.54, 1.807) is 24.3 Å². The van der Waals surface area contributed by atoms with Gasteiger partial charge in [0.1, 0.15) is 18.5 Å². The van der Waals surface area contributed by atoms with E-state index in [1.807, 2.05) is 30.3 Å². The molecule has 9 heteroatoms. The first-order chi connectivity index (χ1) is 15.3. The molecule has 0 spiro atoms.